The molecule has 1 heterocycles. The number of likely N-dealkylation sites (tertiary alicyclic amines) is 1. The lowest BCUT2D eigenvalue weighted by Gasteiger charge is -2.32. The van der Waals surface area contributed by atoms with Gasteiger partial charge in [0.05, 0.1) is 0 Å². The molecule has 0 aromatic carbocycles. The van der Waals surface area contributed by atoms with Crippen LogP contribution in [0.25, 0.3) is 0 Å². The Labute approximate surface area is 70.8 Å². The summed E-state index contributed by atoms with van der Waals surface area (Å²) in [5.74, 6) is 0. The lowest BCUT2D eigenvalue weighted by atomic mass is 10.1. The van der Waals surface area contributed by atoms with Crippen molar-refractivity contribution in [2.24, 2.45) is 0 Å². The van der Waals surface area contributed by atoms with Crippen molar-refractivity contribution in [1.82, 2.24) is 4.90 Å². The number of hydrogen-bond acceptors (Lipinski definition) is 1. The summed E-state index contributed by atoms with van der Waals surface area (Å²) >= 11 is 0. The maximum absolute atomic E-state index is 2.65. The fourth-order valence-electron chi connectivity index (χ4n) is 1.96. The first-order valence-corrected chi connectivity index (χ1v) is 5.08. The Morgan fingerprint density at radius 2 is 1.82 bits per heavy atom. The Kier molecular flexibility index (Phi) is 3.92. The van der Waals surface area contributed by atoms with Gasteiger partial charge in [0.15, 0.2) is 0 Å². The van der Waals surface area contributed by atoms with E-state index >= 15 is 0 Å². The van der Waals surface area contributed by atoms with Crippen molar-refractivity contribution in [3.8, 4) is 0 Å². The van der Waals surface area contributed by atoms with Crippen LogP contribution in [0.15, 0.2) is 0 Å². The molecular formula is C10H21N. The third kappa shape index (κ3) is 2.82. The Hall–Kier alpha value is -0.0400. The van der Waals surface area contributed by atoms with Crippen LogP contribution in [0.3, 0.4) is 0 Å². The van der Waals surface area contributed by atoms with Gasteiger partial charge in [0.25, 0.3) is 0 Å². The van der Waals surface area contributed by atoms with Crippen molar-refractivity contribution in [1.29, 1.82) is 0 Å². The molecule has 0 aromatic heterocycles. The van der Waals surface area contributed by atoms with Crippen LogP contribution >= 0.6 is 0 Å². The average molecular weight is 155 g/mol. The van der Waals surface area contributed by atoms with Gasteiger partial charge in [-0.2, -0.15) is 0 Å². The van der Waals surface area contributed by atoms with Crippen LogP contribution < -0.4 is 0 Å². The fraction of sp³-hybridized carbons (Fsp3) is 1.00. The summed E-state index contributed by atoms with van der Waals surface area (Å²) in [4.78, 5) is 2.65. The number of hydrogen-bond donors (Lipinski definition) is 0. The van der Waals surface area contributed by atoms with Crippen LogP contribution in [-0.2, 0) is 0 Å². The van der Waals surface area contributed by atoms with Crippen molar-refractivity contribution in [2.75, 3.05) is 13.1 Å². The zero-order valence-electron chi connectivity index (χ0n) is 7.97. The predicted molar refractivity (Wildman–Crippen MR) is 49.8 cm³/mol. The molecule has 0 aromatic rings. The third-order valence-corrected chi connectivity index (χ3v) is 2.72. The number of piperidine rings is 1. The molecule has 1 nitrogen and oxygen atoms in total. The van der Waals surface area contributed by atoms with E-state index in [1.54, 1.807) is 0 Å². The lowest BCUT2D eigenvalue weighted by Crippen LogP contribution is -2.37. The molecule has 1 rings (SSSR count). The quantitative estimate of drug-likeness (QED) is 0.605. The molecule has 11 heavy (non-hydrogen) atoms. The van der Waals surface area contributed by atoms with Crippen molar-refractivity contribution >= 4 is 0 Å². The minimum Gasteiger partial charge on any atom is -0.301 e. The van der Waals surface area contributed by atoms with Gasteiger partial charge in [0.1, 0.15) is 0 Å². The second-order valence-corrected chi connectivity index (χ2v) is 3.73. The van der Waals surface area contributed by atoms with E-state index in [9.17, 15) is 0 Å². The van der Waals surface area contributed by atoms with Gasteiger partial charge in [0.2, 0.25) is 0 Å². The van der Waals surface area contributed by atoms with Gasteiger partial charge in [-0.15, -0.1) is 0 Å². The first kappa shape index (κ1) is 9.05. The highest BCUT2D eigenvalue weighted by Crippen LogP contribution is 2.14. The van der Waals surface area contributed by atoms with Crippen LogP contribution in [0.1, 0.15) is 46.0 Å². The Morgan fingerprint density at radius 1 is 1.18 bits per heavy atom. The second-order valence-electron chi connectivity index (χ2n) is 3.73. The summed E-state index contributed by atoms with van der Waals surface area (Å²) in [5, 5.41) is 0. The fourth-order valence-corrected chi connectivity index (χ4v) is 1.96. The van der Waals surface area contributed by atoms with Crippen LogP contribution in [0.2, 0.25) is 0 Å². The molecule has 0 radical (unpaired) electrons. The molecule has 0 N–H and O–H groups in total. The van der Waals surface area contributed by atoms with Gasteiger partial charge in [0, 0.05) is 6.04 Å². The Morgan fingerprint density at radius 3 is 2.36 bits per heavy atom. The van der Waals surface area contributed by atoms with Gasteiger partial charge >= 0.3 is 0 Å². The molecule has 0 spiro atoms. The summed E-state index contributed by atoms with van der Waals surface area (Å²) < 4.78 is 0. The largest absolute Gasteiger partial charge is 0.301 e. The van der Waals surface area contributed by atoms with E-state index < -0.39 is 0 Å². The zero-order valence-corrected chi connectivity index (χ0v) is 7.97. The summed E-state index contributed by atoms with van der Waals surface area (Å²) in [6.45, 7) is 7.34. The first-order chi connectivity index (χ1) is 5.34. The molecule has 1 heteroatoms. The van der Waals surface area contributed by atoms with Gasteiger partial charge in [-0.1, -0.05) is 19.8 Å². The molecule has 0 bridgehead atoms. The molecule has 0 amide bonds. The van der Waals surface area contributed by atoms with Gasteiger partial charge in [-0.25, -0.2) is 0 Å². The molecule has 66 valence electrons. The van der Waals surface area contributed by atoms with Crippen LogP contribution in [0.5, 0.6) is 0 Å². The van der Waals surface area contributed by atoms with Crippen molar-refractivity contribution in [3.63, 3.8) is 0 Å². The Balaban J connectivity index is 2.21. The summed E-state index contributed by atoms with van der Waals surface area (Å²) in [6.07, 6.45) is 7.01. The van der Waals surface area contributed by atoms with Gasteiger partial charge in [-0.05, 0) is 39.3 Å². The summed E-state index contributed by atoms with van der Waals surface area (Å²) in [7, 11) is 0. The van der Waals surface area contributed by atoms with E-state index in [1.807, 2.05) is 0 Å². The highest BCUT2D eigenvalue weighted by molar-refractivity contribution is 4.70. The molecule has 0 unspecified atom stereocenters. The van der Waals surface area contributed by atoms with E-state index in [-0.39, 0.29) is 0 Å². The van der Waals surface area contributed by atoms with E-state index in [4.69, 9.17) is 0 Å². The second kappa shape index (κ2) is 4.76. The van der Waals surface area contributed by atoms with E-state index in [2.05, 4.69) is 18.7 Å². The first-order valence-electron chi connectivity index (χ1n) is 5.08. The van der Waals surface area contributed by atoms with E-state index in [0.29, 0.717) is 0 Å². The average Bonchev–Trinajstić information content (AvgIpc) is 2.07. The van der Waals surface area contributed by atoms with Crippen LogP contribution in [0.4, 0.5) is 0 Å². The molecule has 0 aliphatic carbocycles. The smallest absolute Gasteiger partial charge is 0.00668 e. The number of nitrogens with zero attached hydrogens (tertiary/aromatic N) is 1. The topological polar surface area (TPSA) is 3.24 Å². The van der Waals surface area contributed by atoms with Crippen LogP contribution in [-0.4, -0.2) is 24.0 Å². The molecular weight excluding hydrogens is 134 g/mol. The van der Waals surface area contributed by atoms with Crippen molar-refractivity contribution in [3.05, 3.63) is 0 Å². The third-order valence-electron chi connectivity index (χ3n) is 2.72. The summed E-state index contributed by atoms with van der Waals surface area (Å²) in [5.41, 5.74) is 0. The molecule has 1 fully saturated rings. The van der Waals surface area contributed by atoms with Gasteiger partial charge in [-0.3, -0.25) is 0 Å². The number of rotatable bonds is 3. The highest BCUT2D eigenvalue weighted by atomic mass is 15.1. The molecule has 1 aliphatic rings. The van der Waals surface area contributed by atoms with Gasteiger partial charge < -0.3 is 4.90 Å². The van der Waals surface area contributed by atoms with E-state index in [1.165, 1.54) is 45.2 Å². The lowest BCUT2D eigenvalue weighted by molar-refractivity contribution is 0.166. The maximum atomic E-state index is 2.65. The molecule has 1 saturated heterocycles. The molecule has 1 atom stereocenters. The maximum Gasteiger partial charge on any atom is 0.00668 e. The minimum absolute atomic E-state index is 0.834. The van der Waals surface area contributed by atoms with Crippen molar-refractivity contribution in [2.45, 2.75) is 52.0 Å². The highest BCUT2D eigenvalue weighted by Gasteiger charge is 2.14. The zero-order chi connectivity index (χ0) is 8.10. The van der Waals surface area contributed by atoms with E-state index in [0.717, 1.165) is 6.04 Å². The monoisotopic (exact) mass is 155 g/mol. The normalized spacial score (nSPS) is 23.5. The summed E-state index contributed by atoms with van der Waals surface area (Å²) in [6, 6.07) is 0.834. The van der Waals surface area contributed by atoms with Crippen LogP contribution in [0, 0.1) is 0 Å². The molecule has 1 aliphatic heterocycles. The molecule has 0 saturated carbocycles. The predicted octanol–water partition coefficient (Wildman–Crippen LogP) is 2.66. The standard InChI is InChI=1S/C10H21N/c1-3-7-10(2)11-8-5-4-6-9-11/h10H,3-9H2,1-2H3/t10-/m0/s1. The minimum atomic E-state index is 0.834. The Bertz CT molecular complexity index is 95.0. The van der Waals surface area contributed by atoms with Crippen molar-refractivity contribution < 1.29 is 0 Å². The SMILES string of the molecule is CCC[C@H](C)N1CCCCC1.